The first-order valence-electron chi connectivity index (χ1n) is 8.34. The van der Waals surface area contributed by atoms with E-state index in [0.29, 0.717) is 0 Å². The largest absolute Gasteiger partial charge is 0.395 e. The van der Waals surface area contributed by atoms with Crippen LogP contribution in [0.15, 0.2) is 30.3 Å². The van der Waals surface area contributed by atoms with Gasteiger partial charge in [0.05, 0.1) is 18.0 Å². The van der Waals surface area contributed by atoms with Gasteiger partial charge < -0.3 is 5.11 Å². The van der Waals surface area contributed by atoms with Crippen molar-refractivity contribution in [1.29, 1.82) is 0 Å². The Labute approximate surface area is 138 Å². The van der Waals surface area contributed by atoms with E-state index in [-0.39, 0.29) is 6.61 Å². The molecule has 124 valence electrons. The standard InChI is InChI=1S/C18H26N4O/c1-15-13-16(2)22(19-15)18-5-3-17(4-6-18)14-21-9-7-20(8-10-21)11-12-23/h3-6,13,23H,7-12,14H2,1-2H3. The van der Waals surface area contributed by atoms with Crippen molar-refractivity contribution >= 4 is 0 Å². The van der Waals surface area contributed by atoms with E-state index in [2.05, 4.69) is 52.2 Å². The van der Waals surface area contributed by atoms with E-state index in [1.165, 1.54) is 5.56 Å². The predicted octanol–water partition coefficient (Wildman–Crippen LogP) is 1.60. The molecule has 1 saturated heterocycles. The van der Waals surface area contributed by atoms with Gasteiger partial charge in [0.15, 0.2) is 0 Å². The Morgan fingerprint density at radius 3 is 2.22 bits per heavy atom. The lowest BCUT2D eigenvalue weighted by Gasteiger charge is -2.34. The van der Waals surface area contributed by atoms with Crippen molar-refractivity contribution in [2.24, 2.45) is 0 Å². The number of aliphatic hydroxyl groups is 1. The lowest BCUT2D eigenvalue weighted by Crippen LogP contribution is -2.46. The number of rotatable bonds is 5. The van der Waals surface area contributed by atoms with Gasteiger partial charge in [0.1, 0.15) is 0 Å². The van der Waals surface area contributed by atoms with E-state index in [1.54, 1.807) is 0 Å². The third-order valence-corrected chi connectivity index (χ3v) is 4.48. The molecule has 1 fully saturated rings. The molecule has 0 unspecified atom stereocenters. The number of β-amino-alcohol motifs (C(OH)–C–C–N with tert-alkyl or cyclic N) is 1. The molecule has 0 aliphatic carbocycles. The third-order valence-electron chi connectivity index (χ3n) is 4.48. The fraction of sp³-hybridized carbons (Fsp3) is 0.500. The SMILES string of the molecule is Cc1cc(C)n(-c2ccc(CN3CCN(CCO)CC3)cc2)n1. The maximum absolute atomic E-state index is 9.00. The van der Waals surface area contributed by atoms with Crippen LogP contribution in [-0.2, 0) is 6.54 Å². The van der Waals surface area contributed by atoms with Crippen LogP contribution < -0.4 is 0 Å². The molecule has 3 rings (SSSR count). The number of aryl methyl sites for hydroxylation is 2. The summed E-state index contributed by atoms with van der Waals surface area (Å²) in [6, 6.07) is 10.8. The summed E-state index contributed by atoms with van der Waals surface area (Å²) < 4.78 is 1.99. The van der Waals surface area contributed by atoms with Gasteiger partial charge in [-0.2, -0.15) is 5.10 Å². The fourth-order valence-corrected chi connectivity index (χ4v) is 3.20. The van der Waals surface area contributed by atoms with Crippen LogP contribution in [0, 0.1) is 13.8 Å². The van der Waals surface area contributed by atoms with Crippen LogP contribution in [0.25, 0.3) is 5.69 Å². The molecular formula is C18H26N4O. The Bertz CT molecular complexity index is 627. The topological polar surface area (TPSA) is 44.5 Å². The highest BCUT2D eigenvalue weighted by molar-refractivity contribution is 5.36. The number of benzene rings is 1. The van der Waals surface area contributed by atoms with Crippen LogP contribution in [-0.4, -0.2) is 64.0 Å². The fourth-order valence-electron chi connectivity index (χ4n) is 3.20. The lowest BCUT2D eigenvalue weighted by molar-refractivity contribution is 0.108. The van der Waals surface area contributed by atoms with E-state index in [0.717, 1.165) is 56.3 Å². The Hall–Kier alpha value is -1.69. The van der Waals surface area contributed by atoms with Crippen LogP contribution in [0.1, 0.15) is 17.0 Å². The smallest absolute Gasteiger partial charge is 0.0648 e. The molecule has 2 heterocycles. The summed E-state index contributed by atoms with van der Waals surface area (Å²) >= 11 is 0. The minimum atomic E-state index is 0.258. The normalized spacial score (nSPS) is 16.8. The quantitative estimate of drug-likeness (QED) is 0.910. The first kappa shape index (κ1) is 16.2. The highest BCUT2D eigenvalue weighted by atomic mass is 16.3. The maximum atomic E-state index is 9.00. The zero-order chi connectivity index (χ0) is 16.2. The molecule has 0 atom stereocenters. The average molecular weight is 314 g/mol. The molecule has 0 saturated carbocycles. The van der Waals surface area contributed by atoms with Gasteiger partial charge in [-0.25, -0.2) is 4.68 Å². The van der Waals surface area contributed by atoms with Crippen molar-refractivity contribution in [3.63, 3.8) is 0 Å². The van der Waals surface area contributed by atoms with Crippen LogP contribution in [0.2, 0.25) is 0 Å². The van der Waals surface area contributed by atoms with Gasteiger partial charge in [0.2, 0.25) is 0 Å². The minimum Gasteiger partial charge on any atom is -0.395 e. The molecule has 2 aromatic rings. The van der Waals surface area contributed by atoms with Crippen molar-refractivity contribution in [2.45, 2.75) is 20.4 Å². The summed E-state index contributed by atoms with van der Waals surface area (Å²) in [5, 5.41) is 13.5. The second-order valence-electron chi connectivity index (χ2n) is 6.35. The molecule has 5 nitrogen and oxygen atoms in total. The second kappa shape index (κ2) is 7.25. The van der Waals surface area contributed by atoms with Gasteiger partial charge >= 0.3 is 0 Å². The van der Waals surface area contributed by atoms with Crippen molar-refractivity contribution in [3.8, 4) is 5.69 Å². The summed E-state index contributed by atoms with van der Waals surface area (Å²) in [7, 11) is 0. The highest BCUT2D eigenvalue weighted by Gasteiger charge is 2.16. The molecule has 0 bridgehead atoms. The molecule has 1 aromatic heterocycles. The van der Waals surface area contributed by atoms with Crippen molar-refractivity contribution in [1.82, 2.24) is 19.6 Å². The van der Waals surface area contributed by atoms with Crippen molar-refractivity contribution in [3.05, 3.63) is 47.3 Å². The van der Waals surface area contributed by atoms with Crippen LogP contribution in [0.4, 0.5) is 0 Å². The molecule has 0 spiro atoms. The molecule has 0 amide bonds. The number of hydrogen-bond acceptors (Lipinski definition) is 4. The Morgan fingerprint density at radius 2 is 1.65 bits per heavy atom. The summed E-state index contributed by atoms with van der Waals surface area (Å²) in [4.78, 5) is 4.80. The first-order valence-corrected chi connectivity index (χ1v) is 8.34. The van der Waals surface area contributed by atoms with E-state index in [1.807, 2.05) is 11.6 Å². The third kappa shape index (κ3) is 3.99. The van der Waals surface area contributed by atoms with E-state index in [4.69, 9.17) is 5.11 Å². The molecule has 1 aliphatic heterocycles. The molecule has 1 N–H and O–H groups in total. The Morgan fingerprint density at radius 1 is 1.00 bits per heavy atom. The number of nitrogens with zero attached hydrogens (tertiary/aromatic N) is 4. The van der Waals surface area contributed by atoms with E-state index in [9.17, 15) is 0 Å². The number of aromatic nitrogens is 2. The number of aliphatic hydroxyl groups excluding tert-OH is 1. The highest BCUT2D eigenvalue weighted by Crippen LogP contribution is 2.15. The maximum Gasteiger partial charge on any atom is 0.0648 e. The lowest BCUT2D eigenvalue weighted by atomic mass is 10.1. The van der Waals surface area contributed by atoms with Crippen molar-refractivity contribution in [2.75, 3.05) is 39.3 Å². The van der Waals surface area contributed by atoms with E-state index >= 15 is 0 Å². The Balaban J connectivity index is 1.59. The summed E-state index contributed by atoms with van der Waals surface area (Å²) in [6.07, 6.45) is 0. The van der Waals surface area contributed by atoms with Gasteiger partial charge in [0, 0.05) is 45.0 Å². The molecule has 1 aromatic carbocycles. The predicted molar refractivity (Wildman–Crippen MR) is 91.8 cm³/mol. The van der Waals surface area contributed by atoms with Gasteiger partial charge in [-0.3, -0.25) is 9.80 Å². The second-order valence-corrected chi connectivity index (χ2v) is 6.35. The van der Waals surface area contributed by atoms with E-state index < -0.39 is 0 Å². The van der Waals surface area contributed by atoms with Crippen LogP contribution in [0.3, 0.4) is 0 Å². The zero-order valence-corrected chi connectivity index (χ0v) is 14.1. The van der Waals surface area contributed by atoms with Gasteiger partial charge in [-0.05, 0) is 37.6 Å². The van der Waals surface area contributed by atoms with Crippen LogP contribution in [0.5, 0.6) is 0 Å². The summed E-state index contributed by atoms with van der Waals surface area (Å²) in [6.45, 7) is 10.4. The monoisotopic (exact) mass is 314 g/mol. The molecular weight excluding hydrogens is 288 g/mol. The van der Waals surface area contributed by atoms with Crippen LogP contribution >= 0.6 is 0 Å². The molecule has 5 heteroatoms. The number of hydrogen-bond donors (Lipinski definition) is 1. The molecule has 1 aliphatic rings. The Kier molecular flexibility index (Phi) is 5.10. The van der Waals surface area contributed by atoms with Crippen molar-refractivity contribution < 1.29 is 5.11 Å². The van der Waals surface area contributed by atoms with Gasteiger partial charge in [0.25, 0.3) is 0 Å². The van der Waals surface area contributed by atoms with Gasteiger partial charge in [-0.1, -0.05) is 12.1 Å². The summed E-state index contributed by atoms with van der Waals surface area (Å²) in [5.74, 6) is 0. The summed E-state index contributed by atoms with van der Waals surface area (Å²) in [5.41, 5.74) is 4.67. The minimum absolute atomic E-state index is 0.258. The zero-order valence-electron chi connectivity index (χ0n) is 14.1. The first-order chi connectivity index (χ1) is 11.2. The average Bonchev–Trinajstić information content (AvgIpc) is 2.89. The van der Waals surface area contributed by atoms with Gasteiger partial charge in [-0.15, -0.1) is 0 Å². The molecule has 0 radical (unpaired) electrons. The number of piperazine rings is 1. The molecule has 23 heavy (non-hydrogen) atoms.